The van der Waals surface area contributed by atoms with Gasteiger partial charge >= 0.3 is 0 Å². The Hall–Kier alpha value is -1.71. The topological polar surface area (TPSA) is 30.5 Å². The fraction of sp³-hybridized carbons (Fsp3) is 0.250. The molecule has 0 saturated carbocycles. The molecule has 0 atom stereocenters. The van der Waals surface area contributed by atoms with Crippen LogP contribution in [0.25, 0.3) is 0 Å². The van der Waals surface area contributed by atoms with Gasteiger partial charge < -0.3 is 14.8 Å². The van der Waals surface area contributed by atoms with Crippen LogP contribution >= 0.6 is 11.6 Å². The number of rotatable bonds is 6. The fourth-order valence-electron chi connectivity index (χ4n) is 1.89. The smallest absolute Gasteiger partial charge is 0.161 e. The molecule has 0 heterocycles. The van der Waals surface area contributed by atoms with Crippen molar-refractivity contribution in [2.45, 2.75) is 13.2 Å². The van der Waals surface area contributed by atoms with Gasteiger partial charge in [0.1, 0.15) is 6.61 Å². The van der Waals surface area contributed by atoms with Gasteiger partial charge in [0.2, 0.25) is 0 Å². The molecule has 0 fully saturated rings. The third-order valence-corrected chi connectivity index (χ3v) is 3.17. The Kier molecular flexibility index (Phi) is 5.27. The summed E-state index contributed by atoms with van der Waals surface area (Å²) in [7, 11) is 3.56. The number of halogens is 1. The Bertz CT molecular complexity index is 555. The van der Waals surface area contributed by atoms with Gasteiger partial charge in [-0.1, -0.05) is 29.8 Å². The average molecular weight is 292 g/mol. The Labute approximate surface area is 124 Å². The van der Waals surface area contributed by atoms with Gasteiger partial charge in [0.05, 0.1) is 7.11 Å². The van der Waals surface area contributed by atoms with Crippen LogP contribution in [0.5, 0.6) is 11.5 Å². The molecule has 0 bridgehead atoms. The predicted octanol–water partition coefficient (Wildman–Crippen LogP) is 3.65. The van der Waals surface area contributed by atoms with Crippen LogP contribution < -0.4 is 14.8 Å². The highest BCUT2D eigenvalue weighted by Gasteiger charge is 2.06. The quantitative estimate of drug-likeness (QED) is 0.881. The zero-order chi connectivity index (χ0) is 14.4. The van der Waals surface area contributed by atoms with Crippen molar-refractivity contribution >= 4 is 11.6 Å². The van der Waals surface area contributed by atoms with Crippen LogP contribution in [0.2, 0.25) is 5.02 Å². The van der Waals surface area contributed by atoms with E-state index in [1.165, 1.54) is 0 Å². The molecule has 2 aromatic carbocycles. The molecule has 1 N–H and O–H groups in total. The molecule has 0 spiro atoms. The highest BCUT2D eigenvalue weighted by Crippen LogP contribution is 2.29. The maximum absolute atomic E-state index is 5.86. The summed E-state index contributed by atoms with van der Waals surface area (Å²) in [5, 5.41) is 3.84. The Morgan fingerprint density at radius 2 is 1.70 bits per heavy atom. The second-order valence-electron chi connectivity index (χ2n) is 4.43. The summed E-state index contributed by atoms with van der Waals surface area (Å²) in [5.41, 5.74) is 2.22. The number of hydrogen-bond donors (Lipinski definition) is 1. The standard InChI is InChI=1S/C16H18ClNO2/c1-18-10-13-5-8-15(19-2)16(9-13)20-11-12-3-6-14(17)7-4-12/h3-9,18H,10-11H2,1-2H3. The van der Waals surface area contributed by atoms with E-state index in [1.54, 1.807) is 7.11 Å². The molecule has 0 aliphatic carbocycles. The van der Waals surface area contributed by atoms with Gasteiger partial charge in [-0.2, -0.15) is 0 Å². The monoisotopic (exact) mass is 291 g/mol. The summed E-state index contributed by atoms with van der Waals surface area (Å²) < 4.78 is 11.2. The molecule has 2 rings (SSSR count). The predicted molar refractivity (Wildman–Crippen MR) is 81.5 cm³/mol. The van der Waals surface area contributed by atoms with E-state index < -0.39 is 0 Å². The van der Waals surface area contributed by atoms with Crippen molar-refractivity contribution in [1.29, 1.82) is 0 Å². The van der Waals surface area contributed by atoms with E-state index in [2.05, 4.69) is 5.32 Å². The minimum absolute atomic E-state index is 0.483. The van der Waals surface area contributed by atoms with Crippen LogP contribution in [0.15, 0.2) is 42.5 Å². The first-order valence-electron chi connectivity index (χ1n) is 6.41. The van der Waals surface area contributed by atoms with Crippen molar-refractivity contribution < 1.29 is 9.47 Å². The second-order valence-corrected chi connectivity index (χ2v) is 4.87. The van der Waals surface area contributed by atoms with Gasteiger partial charge in [0, 0.05) is 11.6 Å². The number of methoxy groups -OCH3 is 1. The third-order valence-electron chi connectivity index (χ3n) is 2.92. The van der Waals surface area contributed by atoms with Crippen LogP contribution in [0.3, 0.4) is 0 Å². The molecule has 4 heteroatoms. The maximum Gasteiger partial charge on any atom is 0.161 e. The molecule has 0 unspecified atom stereocenters. The van der Waals surface area contributed by atoms with Crippen LogP contribution in [-0.4, -0.2) is 14.2 Å². The summed E-state index contributed by atoms with van der Waals surface area (Å²) in [6, 6.07) is 13.5. The molecule has 0 radical (unpaired) electrons. The van der Waals surface area contributed by atoms with E-state index in [1.807, 2.05) is 49.5 Å². The normalized spacial score (nSPS) is 10.3. The summed E-state index contributed by atoms with van der Waals surface area (Å²) in [6.07, 6.45) is 0. The molecule has 20 heavy (non-hydrogen) atoms. The van der Waals surface area contributed by atoms with Gasteiger partial charge in [-0.25, -0.2) is 0 Å². The lowest BCUT2D eigenvalue weighted by molar-refractivity contribution is 0.284. The zero-order valence-corrected chi connectivity index (χ0v) is 12.4. The highest BCUT2D eigenvalue weighted by molar-refractivity contribution is 6.30. The summed E-state index contributed by atoms with van der Waals surface area (Å²) in [5.74, 6) is 1.48. The lowest BCUT2D eigenvalue weighted by Gasteiger charge is -2.12. The molecular formula is C16H18ClNO2. The van der Waals surface area contributed by atoms with Crippen LogP contribution in [-0.2, 0) is 13.2 Å². The highest BCUT2D eigenvalue weighted by atomic mass is 35.5. The fourth-order valence-corrected chi connectivity index (χ4v) is 2.02. The summed E-state index contributed by atoms with van der Waals surface area (Å²) >= 11 is 5.86. The molecule has 106 valence electrons. The van der Waals surface area contributed by atoms with Gasteiger partial charge in [-0.3, -0.25) is 0 Å². The minimum Gasteiger partial charge on any atom is -0.493 e. The molecule has 0 amide bonds. The average Bonchev–Trinajstić information content (AvgIpc) is 2.47. The third kappa shape index (κ3) is 3.89. The Morgan fingerprint density at radius 1 is 1.00 bits per heavy atom. The SMILES string of the molecule is CNCc1ccc(OC)c(OCc2ccc(Cl)cc2)c1. The van der Waals surface area contributed by atoms with Gasteiger partial charge in [0.15, 0.2) is 11.5 Å². The van der Waals surface area contributed by atoms with E-state index in [-0.39, 0.29) is 0 Å². The van der Waals surface area contributed by atoms with Gasteiger partial charge in [-0.15, -0.1) is 0 Å². The first-order valence-corrected chi connectivity index (χ1v) is 6.79. The molecule has 0 saturated heterocycles. The molecule has 0 aliphatic heterocycles. The minimum atomic E-state index is 0.483. The van der Waals surface area contributed by atoms with Crippen molar-refractivity contribution in [1.82, 2.24) is 5.32 Å². The van der Waals surface area contributed by atoms with Crippen molar-refractivity contribution in [3.05, 3.63) is 58.6 Å². The zero-order valence-electron chi connectivity index (χ0n) is 11.7. The largest absolute Gasteiger partial charge is 0.493 e. The molecule has 3 nitrogen and oxygen atoms in total. The van der Waals surface area contributed by atoms with Crippen LogP contribution in [0.4, 0.5) is 0 Å². The first kappa shape index (κ1) is 14.7. The van der Waals surface area contributed by atoms with Crippen LogP contribution in [0, 0.1) is 0 Å². The second kappa shape index (κ2) is 7.17. The number of benzene rings is 2. The Balaban J connectivity index is 2.10. The van der Waals surface area contributed by atoms with Gasteiger partial charge in [-0.05, 0) is 42.4 Å². The first-order chi connectivity index (χ1) is 9.72. The van der Waals surface area contributed by atoms with Crippen molar-refractivity contribution in [3.63, 3.8) is 0 Å². The van der Waals surface area contributed by atoms with Crippen molar-refractivity contribution in [3.8, 4) is 11.5 Å². The number of hydrogen-bond acceptors (Lipinski definition) is 3. The molecule has 2 aromatic rings. The Morgan fingerprint density at radius 3 is 2.35 bits per heavy atom. The van der Waals surface area contributed by atoms with Gasteiger partial charge in [0.25, 0.3) is 0 Å². The summed E-state index contributed by atoms with van der Waals surface area (Å²) in [6.45, 7) is 1.28. The lowest BCUT2D eigenvalue weighted by Crippen LogP contribution is -2.05. The van der Waals surface area contributed by atoms with E-state index in [4.69, 9.17) is 21.1 Å². The number of nitrogens with one attached hydrogen (secondary N) is 1. The van der Waals surface area contributed by atoms with Crippen molar-refractivity contribution in [2.24, 2.45) is 0 Å². The van der Waals surface area contributed by atoms with Crippen molar-refractivity contribution in [2.75, 3.05) is 14.2 Å². The van der Waals surface area contributed by atoms with Crippen LogP contribution in [0.1, 0.15) is 11.1 Å². The molecular weight excluding hydrogens is 274 g/mol. The lowest BCUT2D eigenvalue weighted by atomic mass is 10.2. The van der Waals surface area contributed by atoms with E-state index in [9.17, 15) is 0 Å². The molecule has 0 aliphatic rings. The summed E-state index contributed by atoms with van der Waals surface area (Å²) in [4.78, 5) is 0. The molecule has 0 aromatic heterocycles. The number of ether oxygens (including phenoxy) is 2. The van der Waals surface area contributed by atoms with E-state index >= 15 is 0 Å². The maximum atomic E-state index is 5.86. The van der Waals surface area contributed by atoms with E-state index in [0.717, 1.165) is 34.2 Å². The van der Waals surface area contributed by atoms with E-state index in [0.29, 0.717) is 6.61 Å².